The van der Waals surface area contributed by atoms with E-state index in [1.54, 1.807) is 0 Å². The monoisotopic (exact) mass is 200 g/mol. The SMILES string of the molecule is O=Cc1[nH]nc2c(F)c(F)c(F)cc12. The van der Waals surface area contributed by atoms with Gasteiger partial charge in [0, 0.05) is 5.39 Å². The molecule has 0 saturated carbocycles. The number of carbonyl (C=O) groups is 1. The minimum Gasteiger partial charge on any atom is -0.296 e. The first-order valence-corrected chi connectivity index (χ1v) is 3.62. The van der Waals surface area contributed by atoms with Crippen LogP contribution >= 0.6 is 0 Å². The molecule has 72 valence electrons. The summed E-state index contributed by atoms with van der Waals surface area (Å²) in [5, 5.41) is 5.45. The van der Waals surface area contributed by atoms with Gasteiger partial charge in [-0.3, -0.25) is 9.89 Å². The molecule has 0 amide bonds. The van der Waals surface area contributed by atoms with E-state index >= 15 is 0 Å². The van der Waals surface area contributed by atoms with E-state index in [9.17, 15) is 18.0 Å². The summed E-state index contributed by atoms with van der Waals surface area (Å²) in [6, 6.07) is 0.723. The van der Waals surface area contributed by atoms with Gasteiger partial charge in [-0.1, -0.05) is 0 Å². The molecule has 0 unspecified atom stereocenters. The fraction of sp³-hybridized carbons (Fsp3) is 0. The molecule has 3 nitrogen and oxygen atoms in total. The van der Waals surface area contributed by atoms with Crippen molar-refractivity contribution in [3.8, 4) is 0 Å². The van der Waals surface area contributed by atoms with Crippen LogP contribution in [0.15, 0.2) is 6.07 Å². The molecule has 0 radical (unpaired) electrons. The number of aldehydes is 1. The highest BCUT2D eigenvalue weighted by atomic mass is 19.2. The lowest BCUT2D eigenvalue weighted by Crippen LogP contribution is -1.91. The second kappa shape index (κ2) is 2.83. The Balaban J connectivity index is 2.93. The minimum atomic E-state index is -1.60. The first-order valence-electron chi connectivity index (χ1n) is 3.62. The van der Waals surface area contributed by atoms with Gasteiger partial charge >= 0.3 is 0 Å². The van der Waals surface area contributed by atoms with Crippen LogP contribution in [0.5, 0.6) is 0 Å². The number of hydrogen-bond acceptors (Lipinski definition) is 2. The van der Waals surface area contributed by atoms with E-state index in [1.165, 1.54) is 0 Å². The van der Waals surface area contributed by atoms with E-state index < -0.39 is 17.5 Å². The van der Waals surface area contributed by atoms with Crippen molar-refractivity contribution in [1.29, 1.82) is 0 Å². The van der Waals surface area contributed by atoms with Gasteiger partial charge in [0.05, 0.1) is 0 Å². The molecule has 0 aliphatic carbocycles. The Kier molecular flexibility index (Phi) is 1.77. The number of aromatic nitrogens is 2. The molecular formula is C8H3F3N2O. The number of nitrogens with zero attached hydrogens (tertiary/aromatic N) is 1. The maximum Gasteiger partial charge on any atom is 0.196 e. The highest BCUT2D eigenvalue weighted by molar-refractivity contribution is 5.95. The Morgan fingerprint density at radius 1 is 1.29 bits per heavy atom. The van der Waals surface area contributed by atoms with Crippen LogP contribution in [0.4, 0.5) is 13.2 Å². The summed E-state index contributed by atoms with van der Waals surface area (Å²) in [5.41, 5.74) is -0.469. The summed E-state index contributed by atoms with van der Waals surface area (Å²) in [4.78, 5) is 10.4. The van der Waals surface area contributed by atoms with E-state index in [1.807, 2.05) is 0 Å². The second-order valence-corrected chi connectivity index (χ2v) is 2.64. The van der Waals surface area contributed by atoms with E-state index in [0.29, 0.717) is 6.29 Å². The van der Waals surface area contributed by atoms with Gasteiger partial charge in [0.1, 0.15) is 11.2 Å². The molecule has 1 aromatic carbocycles. The lowest BCUT2D eigenvalue weighted by molar-refractivity contribution is 0.112. The van der Waals surface area contributed by atoms with Gasteiger partial charge in [-0.05, 0) is 6.07 Å². The molecule has 1 aromatic heterocycles. The number of carbonyl (C=O) groups excluding carboxylic acids is 1. The van der Waals surface area contributed by atoms with Crippen molar-refractivity contribution in [3.05, 3.63) is 29.2 Å². The molecule has 0 spiro atoms. The molecule has 0 bridgehead atoms. The molecule has 0 aliphatic heterocycles. The summed E-state index contributed by atoms with van der Waals surface area (Å²) in [6.45, 7) is 0. The van der Waals surface area contributed by atoms with Gasteiger partial charge in [0.2, 0.25) is 0 Å². The Morgan fingerprint density at radius 3 is 2.64 bits per heavy atom. The van der Waals surface area contributed by atoms with Crippen molar-refractivity contribution >= 4 is 17.2 Å². The summed E-state index contributed by atoms with van der Waals surface area (Å²) >= 11 is 0. The molecule has 2 rings (SSSR count). The van der Waals surface area contributed by atoms with E-state index in [-0.39, 0.29) is 16.6 Å². The van der Waals surface area contributed by atoms with Gasteiger partial charge < -0.3 is 0 Å². The number of hydrogen-bond donors (Lipinski definition) is 1. The number of halogens is 3. The zero-order chi connectivity index (χ0) is 10.3. The first kappa shape index (κ1) is 8.74. The number of H-pyrrole nitrogens is 1. The normalized spacial score (nSPS) is 10.8. The highest BCUT2D eigenvalue weighted by Crippen LogP contribution is 2.22. The standard InChI is InChI=1S/C8H3F3N2O/c9-4-1-3-5(2-14)12-13-8(3)7(11)6(4)10/h1-2H,(H,12,13). The third-order valence-corrected chi connectivity index (χ3v) is 1.83. The van der Waals surface area contributed by atoms with Crippen molar-refractivity contribution in [3.63, 3.8) is 0 Å². The van der Waals surface area contributed by atoms with Crippen LogP contribution in [0.3, 0.4) is 0 Å². The summed E-state index contributed by atoms with van der Waals surface area (Å²) in [5.74, 6) is -4.34. The number of aromatic amines is 1. The van der Waals surface area contributed by atoms with Crippen molar-refractivity contribution in [2.75, 3.05) is 0 Å². The van der Waals surface area contributed by atoms with Crippen molar-refractivity contribution in [1.82, 2.24) is 10.2 Å². The van der Waals surface area contributed by atoms with E-state index in [0.717, 1.165) is 6.07 Å². The predicted molar refractivity (Wildman–Crippen MR) is 41.4 cm³/mol. The van der Waals surface area contributed by atoms with Crippen LogP contribution in [0.25, 0.3) is 10.9 Å². The van der Waals surface area contributed by atoms with Crippen LogP contribution in [-0.2, 0) is 0 Å². The number of rotatable bonds is 1. The Hall–Kier alpha value is -1.85. The molecule has 2 aromatic rings. The zero-order valence-corrected chi connectivity index (χ0v) is 6.64. The summed E-state index contributed by atoms with van der Waals surface area (Å²) in [6.07, 6.45) is 0.353. The molecule has 0 aliphatic rings. The fourth-order valence-electron chi connectivity index (χ4n) is 1.17. The second-order valence-electron chi connectivity index (χ2n) is 2.64. The van der Waals surface area contributed by atoms with Gasteiger partial charge in [0.25, 0.3) is 0 Å². The Bertz CT molecular complexity index is 521. The molecule has 14 heavy (non-hydrogen) atoms. The molecular weight excluding hydrogens is 197 g/mol. The van der Waals surface area contributed by atoms with Crippen LogP contribution in [0.1, 0.15) is 10.5 Å². The van der Waals surface area contributed by atoms with E-state index in [2.05, 4.69) is 10.2 Å². The van der Waals surface area contributed by atoms with Gasteiger partial charge in [-0.2, -0.15) is 5.10 Å². The third kappa shape index (κ3) is 1.00. The van der Waals surface area contributed by atoms with Crippen molar-refractivity contribution in [2.45, 2.75) is 0 Å². The van der Waals surface area contributed by atoms with Crippen LogP contribution < -0.4 is 0 Å². The number of fused-ring (bicyclic) bond motifs is 1. The molecule has 6 heteroatoms. The Morgan fingerprint density at radius 2 is 2.00 bits per heavy atom. The lowest BCUT2D eigenvalue weighted by Gasteiger charge is -1.95. The van der Waals surface area contributed by atoms with Crippen LogP contribution in [0, 0.1) is 17.5 Å². The molecule has 0 saturated heterocycles. The minimum absolute atomic E-state index is 0.0728. The highest BCUT2D eigenvalue weighted by Gasteiger charge is 2.17. The maximum atomic E-state index is 13.0. The molecule has 0 atom stereocenters. The topological polar surface area (TPSA) is 45.8 Å². The van der Waals surface area contributed by atoms with Crippen LogP contribution in [-0.4, -0.2) is 16.5 Å². The number of nitrogens with one attached hydrogen (secondary N) is 1. The smallest absolute Gasteiger partial charge is 0.196 e. The molecule has 0 fully saturated rings. The quantitative estimate of drug-likeness (QED) is 0.563. The van der Waals surface area contributed by atoms with Gasteiger partial charge in [0.15, 0.2) is 23.7 Å². The van der Waals surface area contributed by atoms with Gasteiger partial charge in [-0.15, -0.1) is 0 Å². The fourth-order valence-corrected chi connectivity index (χ4v) is 1.17. The van der Waals surface area contributed by atoms with Crippen LogP contribution in [0.2, 0.25) is 0 Å². The van der Waals surface area contributed by atoms with Crippen molar-refractivity contribution in [2.24, 2.45) is 0 Å². The average molecular weight is 200 g/mol. The molecule has 1 N–H and O–H groups in total. The predicted octanol–water partition coefficient (Wildman–Crippen LogP) is 1.79. The van der Waals surface area contributed by atoms with E-state index in [4.69, 9.17) is 0 Å². The summed E-state index contributed by atoms with van der Waals surface area (Å²) in [7, 11) is 0. The largest absolute Gasteiger partial charge is 0.296 e. The zero-order valence-electron chi connectivity index (χ0n) is 6.64. The molecule has 1 heterocycles. The number of benzene rings is 1. The summed E-state index contributed by atoms with van der Waals surface area (Å²) < 4.78 is 38.4. The maximum absolute atomic E-state index is 13.0. The first-order chi connectivity index (χ1) is 6.65. The third-order valence-electron chi connectivity index (χ3n) is 1.83. The Labute approximate surface area is 75.5 Å². The lowest BCUT2D eigenvalue weighted by atomic mass is 10.2. The van der Waals surface area contributed by atoms with Gasteiger partial charge in [-0.25, -0.2) is 13.2 Å². The van der Waals surface area contributed by atoms with Crippen molar-refractivity contribution < 1.29 is 18.0 Å². The average Bonchev–Trinajstić information content (AvgIpc) is 2.57.